The maximum Gasteiger partial charge on any atom is 0.416 e. The van der Waals surface area contributed by atoms with Crippen LogP contribution < -0.4 is 10.2 Å². The number of alkyl halides is 3. The molecular formula is C23H16ClF3N2O3. The molecule has 0 aromatic heterocycles. The van der Waals surface area contributed by atoms with Crippen molar-refractivity contribution in [1.29, 1.82) is 0 Å². The lowest BCUT2D eigenvalue weighted by Crippen LogP contribution is -2.17. The average molecular weight is 461 g/mol. The molecule has 0 saturated carbocycles. The van der Waals surface area contributed by atoms with E-state index in [1.54, 1.807) is 24.3 Å². The van der Waals surface area contributed by atoms with Gasteiger partial charge in [-0.3, -0.25) is 4.79 Å². The first-order chi connectivity index (χ1) is 15.1. The standard InChI is InChI=1S/C23H16ClF3N2O3/c1-14-5-7-15(8-6-14)21(30)29-28-13-17-12-19(24)9-10-20(17)32-22(31)16-3-2-4-18(11-16)23(25,26)27/h2-13H,1H3,(H,29,30)/b28-13+. The number of hydrogen-bond acceptors (Lipinski definition) is 4. The second-order valence-corrected chi connectivity index (χ2v) is 7.15. The number of rotatable bonds is 5. The van der Waals surface area contributed by atoms with Gasteiger partial charge in [0.05, 0.1) is 17.3 Å². The summed E-state index contributed by atoms with van der Waals surface area (Å²) < 4.78 is 43.9. The minimum Gasteiger partial charge on any atom is -0.422 e. The average Bonchev–Trinajstić information content (AvgIpc) is 2.75. The van der Waals surface area contributed by atoms with Crippen molar-refractivity contribution in [3.05, 3.63) is 99.6 Å². The molecule has 0 heterocycles. The minimum atomic E-state index is -4.59. The van der Waals surface area contributed by atoms with E-state index in [4.69, 9.17) is 16.3 Å². The Balaban J connectivity index is 1.76. The Morgan fingerprint density at radius 3 is 2.41 bits per heavy atom. The van der Waals surface area contributed by atoms with Crippen LogP contribution in [-0.2, 0) is 6.18 Å². The Morgan fingerprint density at radius 1 is 1.00 bits per heavy atom. The molecule has 0 aliphatic rings. The summed E-state index contributed by atoms with van der Waals surface area (Å²) in [5, 5.41) is 4.15. The van der Waals surface area contributed by atoms with Gasteiger partial charge in [0.15, 0.2) is 0 Å². The van der Waals surface area contributed by atoms with Crippen molar-refractivity contribution < 1.29 is 27.5 Å². The van der Waals surface area contributed by atoms with Crippen molar-refractivity contribution in [3.63, 3.8) is 0 Å². The van der Waals surface area contributed by atoms with Crippen molar-refractivity contribution in [2.45, 2.75) is 13.1 Å². The van der Waals surface area contributed by atoms with Gasteiger partial charge in [-0.15, -0.1) is 0 Å². The normalized spacial score (nSPS) is 11.4. The summed E-state index contributed by atoms with van der Waals surface area (Å²) in [4.78, 5) is 24.5. The van der Waals surface area contributed by atoms with E-state index in [1.807, 2.05) is 6.92 Å². The van der Waals surface area contributed by atoms with Crippen molar-refractivity contribution in [2.75, 3.05) is 0 Å². The van der Waals surface area contributed by atoms with Crippen LogP contribution in [0.3, 0.4) is 0 Å². The predicted octanol–water partition coefficient (Wildman–Crippen LogP) is 5.65. The van der Waals surface area contributed by atoms with Gasteiger partial charge in [0, 0.05) is 16.1 Å². The molecule has 0 bridgehead atoms. The highest BCUT2D eigenvalue weighted by Crippen LogP contribution is 2.30. The molecule has 3 rings (SSSR count). The van der Waals surface area contributed by atoms with Crippen molar-refractivity contribution in [2.24, 2.45) is 5.10 Å². The molecule has 5 nitrogen and oxygen atoms in total. The first kappa shape index (κ1) is 23.0. The number of esters is 1. The number of carbonyl (C=O) groups excluding carboxylic acids is 2. The van der Waals surface area contributed by atoms with Gasteiger partial charge in [0.2, 0.25) is 0 Å². The summed E-state index contributed by atoms with van der Waals surface area (Å²) >= 11 is 5.98. The van der Waals surface area contributed by atoms with Crippen molar-refractivity contribution in [1.82, 2.24) is 5.43 Å². The fourth-order valence-electron chi connectivity index (χ4n) is 2.62. The summed E-state index contributed by atoms with van der Waals surface area (Å²) in [5.74, 6) is -1.44. The highest BCUT2D eigenvalue weighted by Gasteiger charge is 2.31. The van der Waals surface area contributed by atoms with E-state index >= 15 is 0 Å². The maximum absolute atomic E-state index is 12.9. The molecule has 32 heavy (non-hydrogen) atoms. The molecule has 164 valence electrons. The van der Waals surface area contributed by atoms with Crippen LogP contribution in [0.5, 0.6) is 5.75 Å². The Kier molecular flexibility index (Phi) is 6.95. The summed E-state index contributed by atoms with van der Waals surface area (Å²) in [7, 11) is 0. The van der Waals surface area contributed by atoms with Gasteiger partial charge < -0.3 is 4.74 Å². The van der Waals surface area contributed by atoms with Crippen LogP contribution in [-0.4, -0.2) is 18.1 Å². The quantitative estimate of drug-likeness (QED) is 0.231. The third kappa shape index (κ3) is 5.95. The molecule has 3 aromatic rings. The number of halogens is 4. The molecule has 0 aliphatic heterocycles. The Hall–Kier alpha value is -3.65. The largest absolute Gasteiger partial charge is 0.422 e. The zero-order chi connectivity index (χ0) is 23.3. The molecule has 0 spiro atoms. The van der Waals surface area contributed by atoms with Crippen LogP contribution in [0, 0.1) is 6.92 Å². The predicted molar refractivity (Wildman–Crippen MR) is 114 cm³/mol. The van der Waals surface area contributed by atoms with Gasteiger partial charge in [-0.2, -0.15) is 18.3 Å². The lowest BCUT2D eigenvalue weighted by atomic mass is 10.1. The highest BCUT2D eigenvalue weighted by molar-refractivity contribution is 6.31. The van der Waals surface area contributed by atoms with Crippen molar-refractivity contribution >= 4 is 29.7 Å². The van der Waals surface area contributed by atoms with E-state index in [-0.39, 0.29) is 16.9 Å². The van der Waals surface area contributed by atoms with Gasteiger partial charge in [-0.05, 0) is 55.5 Å². The van der Waals surface area contributed by atoms with E-state index in [2.05, 4.69) is 10.5 Å². The van der Waals surface area contributed by atoms with Crippen LogP contribution in [0.1, 0.15) is 37.4 Å². The molecule has 3 aromatic carbocycles. The zero-order valence-electron chi connectivity index (χ0n) is 16.6. The number of hydrogen-bond donors (Lipinski definition) is 1. The van der Waals surface area contributed by atoms with Crippen LogP contribution in [0.2, 0.25) is 5.02 Å². The van der Waals surface area contributed by atoms with Gasteiger partial charge >= 0.3 is 12.1 Å². The maximum atomic E-state index is 12.9. The van der Waals surface area contributed by atoms with E-state index in [1.165, 1.54) is 30.5 Å². The molecule has 0 atom stereocenters. The Bertz CT molecular complexity index is 1180. The molecule has 9 heteroatoms. The summed E-state index contributed by atoms with van der Waals surface area (Å²) in [6.45, 7) is 1.89. The summed E-state index contributed by atoms with van der Waals surface area (Å²) in [6, 6.07) is 15.0. The van der Waals surface area contributed by atoms with Crippen LogP contribution in [0.25, 0.3) is 0 Å². The lowest BCUT2D eigenvalue weighted by Gasteiger charge is -2.10. The van der Waals surface area contributed by atoms with Gasteiger partial charge in [0.1, 0.15) is 5.75 Å². The first-order valence-electron chi connectivity index (χ1n) is 9.22. The van der Waals surface area contributed by atoms with Crippen LogP contribution in [0.4, 0.5) is 13.2 Å². The molecule has 0 fully saturated rings. The monoisotopic (exact) mass is 460 g/mol. The van der Waals surface area contributed by atoms with Gasteiger partial charge in [0.25, 0.3) is 5.91 Å². The Morgan fingerprint density at radius 2 is 1.72 bits per heavy atom. The molecule has 1 N–H and O–H groups in total. The zero-order valence-corrected chi connectivity index (χ0v) is 17.4. The van der Waals surface area contributed by atoms with E-state index in [0.717, 1.165) is 17.7 Å². The number of amides is 1. The molecule has 0 unspecified atom stereocenters. The number of nitrogens with one attached hydrogen (secondary N) is 1. The molecule has 0 saturated heterocycles. The summed E-state index contributed by atoms with van der Waals surface area (Å²) in [6.07, 6.45) is -3.38. The number of carbonyl (C=O) groups is 2. The number of hydrazone groups is 1. The second kappa shape index (κ2) is 9.65. The fourth-order valence-corrected chi connectivity index (χ4v) is 2.80. The molecular weight excluding hydrogens is 445 g/mol. The number of benzene rings is 3. The fraction of sp³-hybridized carbons (Fsp3) is 0.0870. The molecule has 0 radical (unpaired) electrons. The SMILES string of the molecule is Cc1ccc(C(=O)N/N=C/c2cc(Cl)ccc2OC(=O)c2cccc(C(F)(F)F)c2)cc1. The van der Waals surface area contributed by atoms with E-state index < -0.39 is 23.6 Å². The van der Waals surface area contributed by atoms with E-state index in [0.29, 0.717) is 16.7 Å². The lowest BCUT2D eigenvalue weighted by molar-refractivity contribution is -0.137. The highest BCUT2D eigenvalue weighted by atomic mass is 35.5. The molecule has 0 aliphatic carbocycles. The smallest absolute Gasteiger partial charge is 0.416 e. The topological polar surface area (TPSA) is 67.8 Å². The summed E-state index contributed by atoms with van der Waals surface area (Å²) in [5.41, 5.74) is 2.74. The Labute approximate surface area is 186 Å². The molecule has 1 amide bonds. The second-order valence-electron chi connectivity index (χ2n) is 6.72. The van der Waals surface area contributed by atoms with Crippen molar-refractivity contribution in [3.8, 4) is 5.75 Å². The van der Waals surface area contributed by atoms with Crippen LogP contribution in [0.15, 0.2) is 71.8 Å². The van der Waals surface area contributed by atoms with Gasteiger partial charge in [-0.1, -0.05) is 35.4 Å². The first-order valence-corrected chi connectivity index (χ1v) is 9.60. The van der Waals surface area contributed by atoms with Gasteiger partial charge in [-0.25, -0.2) is 10.2 Å². The van der Waals surface area contributed by atoms with E-state index in [9.17, 15) is 22.8 Å². The number of aryl methyl sites for hydroxylation is 1. The number of ether oxygens (including phenoxy) is 1. The third-order valence-electron chi connectivity index (χ3n) is 4.28. The number of nitrogens with zero attached hydrogens (tertiary/aromatic N) is 1. The third-order valence-corrected chi connectivity index (χ3v) is 4.52. The minimum absolute atomic E-state index is 0.00477. The van der Waals surface area contributed by atoms with Crippen LogP contribution >= 0.6 is 11.6 Å².